The van der Waals surface area contributed by atoms with Gasteiger partial charge in [-0.05, 0) is 37.6 Å². The van der Waals surface area contributed by atoms with Crippen molar-refractivity contribution < 1.29 is 4.74 Å². The summed E-state index contributed by atoms with van der Waals surface area (Å²) in [5, 5.41) is 3.04. The number of halogens is 1. The van der Waals surface area contributed by atoms with Gasteiger partial charge in [-0.15, -0.1) is 24.0 Å². The van der Waals surface area contributed by atoms with Gasteiger partial charge >= 0.3 is 0 Å². The van der Waals surface area contributed by atoms with Crippen molar-refractivity contribution in [1.82, 2.24) is 4.98 Å². The number of rotatable bonds is 5. The Morgan fingerprint density at radius 2 is 2.00 bits per heavy atom. The summed E-state index contributed by atoms with van der Waals surface area (Å²) in [4.78, 5) is 8.47. The summed E-state index contributed by atoms with van der Waals surface area (Å²) < 4.78 is 5.55. The van der Waals surface area contributed by atoms with Gasteiger partial charge in [-0.25, -0.2) is 9.98 Å². The molecule has 0 amide bonds. The van der Waals surface area contributed by atoms with Crippen LogP contribution in [-0.4, -0.2) is 17.0 Å². The number of hydrogen-bond donors (Lipinski definition) is 2. The molecule has 5 nitrogen and oxygen atoms in total. The van der Waals surface area contributed by atoms with Crippen molar-refractivity contribution in [3.8, 4) is 5.88 Å². The molecule has 1 heterocycles. The maximum absolute atomic E-state index is 5.86. The molecule has 0 saturated carbocycles. The van der Waals surface area contributed by atoms with Crippen molar-refractivity contribution in [3.63, 3.8) is 0 Å². The van der Waals surface area contributed by atoms with Crippen molar-refractivity contribution in [1.29, 1.82) is 0 Å². The maximum atomic E-state index is 5.86. The molecule has 0 saturated heterocycles. The minimum Gasteiger partial charge on any atom is -0.475 e. The Hall–Kier alpha value is -1.83. The van der Waals surface area contributed by atoms with Crippen molar-refractivity contribution in [2.75, 3.05) is 5.32 Å². The van der Waals surface area contributed by atoms with E-state index in [1.807, 2.05) is 56.3 Å². The van der Waals surface area contributed by atoms with E-state index in [-0.39, 0.29) is 30.1 Å². The van der Waals surface area contributed by atoms with E-state index in [1.165, 1.54) is 0 Å². The Morgan fingerprint density at radius 3 is 2.68 bits per heavy atom. The largest absolute Gasteiger partial charge is 0.475 e. The van der Waals surface area contributed by atoms with Crippen LogP contribution in [-0.2, 0) is 6.54 Å². The zero-order chi connectivity index (χ0) is 15.1. The highest BCUT2D eigenvalue weighted by atomic mass is 127. The van der Waals surface area contributed by atoms with Crippen LogP contribution in [0, 0.1) is 0 Å². The molecule has 0 bridgehead atoms. The molecule has 0 spiro atoms. The van der Waals surface area contributed by atoms with E-state index < -0.39 is 0 Å². The summed E-state index contributed by atoms with van der Waals surface area (Å²) in [6, 6.07) is 13.5. The van der Waals surface area contributed by atoms with Gasteiger partial charge in [0, 0.05) is 18.0 Å². The summed E-state index contributed by atoms with van der Waals surface area (Å²) >= 11 is 0. The number of aliphatic imine (C=N–C) groups is 1. The molecule has 2 rings (SSSR count). The molecule has 118 valence electrons. The lowest BCUT2D eigenvalue weighted by molar-refractivity contribution is 0.232. The molecule has 0 aliphatic carbocycles. The van der Waals surface area contributed by atoms with E-state index in [4.69, 9.17) is 10.5 Å². The number of nitrogens with zero attached hydrogens (tertiary/aromatic N) is 2. The van der Waals surface area contributed by atoms with Crippen molar-refractivity contribution in [3.05, 3.63) is 54.2 Å². The molecule has 1 aromatic carbocycles. The number of para-hydroxylation sites is 1. The second-order valence-electron chi connectivity index (χ2n) is 4.86. The standard InChI is InChI=1S/C16H20N4O.HI/c1-12(2)21-15-10-13(8-9-18-15)11-19-16(17)20-14-6-4-3-5-7-14;/h3-10,12H,11H2,1-2H3,(H3,17,19,20);1H. The van der Waals surface area contributed by atoms with Crippen LogP contribution in [0.3, 0.4) is 0 Å². The molecule has 0 aliphatic rings. The number of guanidine groups is 1. The average molecular weight is 412 g/mol. The maximum Gasteiger partial charge on any atom is 0.213 e. The minimum absolute atomic E-state index is 0. The van der Waals surface area contributed by atoms with E-state index >= 15 is 0 Å². The fourth-order valence-electron chi connectivity index (χ4n) is 1.74. The number of aromatic nitrogens is 1. The molecule has 22 heavy (non-hydrogen) atoms. The first kappa shape index (κ1) is 18.2. The highest BCUT2D eigenvalue weighted by molar-refractivity contribution is 14.0. The zero-order valence-electron chi connectivity index (χ0n) is 12.7. The lowest BCUT2D eigenvalue weighted by Gasteiger charge is -2.09. The van der Waals surface area contributed by atoms with Crippen LogP contribution in [0.5, 0.6) is 5.88 Å². The first-order valence-electron chi connectivity index (χ1n) is 6.87. The number of pyridine rings is 1. The number of nitrogens with two attached hydrogens (primary N) is 1. The quantitative estimate of drug-likeness (QED) is 0.449. The number of ether oxygens (including phenoxy) is 1. The Bertz CT molecular complexity index is 602. The fourth-order valence-corrected chi connectivity index (χ4v) is 1.74. The van der Waals surface area contributed by atoms with E-state index in [2.05, 4.69) is 15.3 Å². The van der Waals surface area contributed by atoms with Crippen LogP contribution in [0.2, 0.25) is 0 Å². The topological polar surface area (TPSA) is 72.5 Å². The van der Waals surface area contributed by atoms with Gasteiger partial charge in [-0.1, -0.05) is 18.2 Å². The molecule has 0 fully saturated rings. The Morgan fingerprint density at radius 1 is 1.27 bits per heavy atom. The molecule has 6 heteroatoms. The third-order valence-corrected chi connectivity index (χ3v) is 2.63. The van der Waals surface area contributed by atoms with Gasteiger partial charge in [0.05, 0.1) is 12.6 Å². The van der Waals surface area contributed by atoms with Gasteiger partial charge in [0.2, 0.25) is 5.88 Å². The zero-order valence-corrected chi connectivity index (χ0v) is 15.0. The molecular formula is C16H21IN4O. The molecule has 0 radical (unpaired) electrons. The third-order valence-electron chi connectivity index (χ3n) is 2.63. The number of anilines is 1. The second-order valence-corrected chi connectivity index (χ2v) is 4.86. The first-order valence-corrected chi connectivity index (χ1v) is 6.87. The average Bonchev–Trinajstić information content (AvgIpc) is 2.46. The van der Waals surface area contributed by atoms with Gasteiger partial charge in [0.15, 0.2) is 5.96 Å². The van der Waals surface area contributed by atoms with E-state index in [9.17, 15) is 0 Å². The summed E-state index contributed by atoms with van der Waals surface area (Å²) in [5.74, 6) is 0.983. The third kappa shape index (κ3) is 6.30. The molecule has 0 unspecified atom stereocenters. The smallest absolute Gasteiger partial charge is 0.213 e. The number of nitrogens with one attached hydrogen (secondary N) is 1. The van der Waals surface area contributed by atoms with Gasteiger partial charge in [-0.2, -0.15) is 0 Å². The monoisotopic (exact) mass is 412 g/mol. The van der Waals surface area contributed by atoms with E-state index in [0.717, 1.165) is 11.3 Å². The molecular weight excluding hydrogens is 391 g/mol. The van der Waals surface area contributed by atoms with Crippen molar-refractivity contribution in [2.24, 2.45) is 10.7 Å². The predicted molar refractivity (Wildman–Crippen MR) is 101 cm³/mol. The summed E-state index contributed by atoms with van der Waals surface area (Å²) in [6.07, 6.45) is 1.81. The molecule has 3 N–H and O–H groups in total. The van der Waals surface area contributed by atoms with Gasteiger partial charge in [-0.3, -0.25) is 0 Å². The first-order chi connectivity index (χ1) is 10.1. The van der Waals surface area contributed by atoms with Gasteiger partial charge in [0.25, 0.3) is 0 Å². The van der Waals surface area contributed by atoms with Crippen molar-refractivity contribution in [2.45, 2.75) is 26.5 Å². The van der Waals surface area contributed by atoms with Gasteiger partial charge < -0.3 is 15.8 Å². The summed E-state index contributed by atoms with van der Waals surface area (Å²) in [7, 11) is 0. The van der Waals surface area contributed by atoms with Crippen LogP contribution in [0.1, 0.15) is 19.4 Å². The fraction of sp³-hybridized carbons (Fsp3) is 0.250. The lowest BCUT2D eigenvalue weighted by Crippen LogP contribution is -2.22. The SMILES string of the molecule is CC(C)Oc1cc(CN=C(N)Nc2ccccc2)ccn1.I. The summed E-state index contributed by atoms with van der Waals surface area (Å²) in [6.45, 7) is 4.41. The highest BCUT2D eigenvalue weighted by Crippen LogP contribution is 2.12. The van der Waals surface area contributed by atoms with Crippen LogP contribution in [0.25, 0.3) is 0 Å². The Kier molecular flexibility index (Phi) is 7.65. The highest BCUT2D eigenvalue weighted by Gasteiger charge is 2.01. The second kappa shape index (κ2) is 9.24. The lowest BCUT2D eigenvalue weighted by atomic mass is 10.2. The van der Waals surface area contributed by atoms with E-state index in [0.29, 0.717) is 18.4 Å². The number of benzene rings is 1. The number of hydrogen-bond acceptors (Lipinski definition) is 3. The normalized spacial score (nSPS) is 11.0. The van der Waals surface area contributed by atoms with Crippen LogP contribution >= 0.6 is 24.0 Å². The molecule has 0 atom stereocenters. The van der Waals surface area contributed by atoms with Crippen molar-refractivity contribution >= 4 is 35.6 Å². The van der Waals surface area contributed by atoms with Gasteiger partial charge in [0.1, 0.15) is 0 Å². The van der Waals surface area contributed by atoms with Crippen LogP contribution < -0.4 is 15.8 Å². The predicted octanol–water partition coefficient (Wildman–Crippen LogP) is 3.41. The van der Waals surface area contributed by atoms with E-state index in [1.54, 1.807) is 6.20 Å². The molecule has 2 aromatic rings. The van der Waals surface area contributed by atoms with Crippen LogP contribution in [0.15, 0.2) is 53.7 Å². The minimum atomic E-state index is 0. The van der Waals surface area contributed by atoms with Crippen LogP contribution in [0.4, 0.5) is 5.69 Å². The summed E-state index contributed by atoms with van der Waals surface area (Å²) in [5.41, 5.74) is 7.78. The Labute approximate surface area is 148 Å². The molecule has 1 aromatic heterocycles. The molecule has 0 aliphatic heterocycles. The Balaban J connectivity index is 0.00000242.